The molecule has 14 heavy (non-hydrogen) atoms. The molecule has 1 aromatic rings. The first-order valence-corrected chi connectivity index (χ1v) is 4.20. The summed E-state index contributed by atoms with van der Waals surface area (Å²) in [6.07, 6.45) is 0. The highest BCUT2D eigenvalue weighted by Gasteiger charge is 2.27. The van der Waals surface area contributed by atoms with Gasteiger partial charge in [-0.05, 0) is 12.1 Å². The summed E-state index contributed by atoms with van der Waals surface area (Å²) < 4.78 is 10.4. The van der Waals surface area contributed by atoms with Crippen LogP contribution in [0.4, 0.5) is 0 Å². The fourth-order valence-corrected chi connectivity index (χ4v) is 1.65. The lowest BCUT2D eigenvalue weighted by Gasteiger charge is -1.99. The summed E-state index contributed by atoms with van der Waals surface area (Å²) in [5.74, 6) is 1.15. The van der Waals surface area contributed by atoms with Crippen LogP contribution in [0.3, 0.4) is 0 Å². The van der Waals surface area contributed by atoms with Gasteiger partial charge in [0.1, 0.15) is 0 Å². The Bertz CT molecular complexity index is 424. The number of fused-ring (bicyclic) bond motifs is 2. The number of ether oxygens (including phenoxy) is 2. The van der Waals surface area contributed by atoms with Gasteiger partial charge < -0.3 is 14.8 Å². The summed E-state index contributed by atoms with van der Waals surface area (Å²) in [4.78, 5) is 11.4. The lowest BCUT2D eigenvalue weighted by atomic mass is 10.1. The lowest BCUT2D eigenvalue weighted by molar-refractivity contribution is 0.0980. The van der Waals surface area contributed by atoms with E-state index >= 15 is 0 Å². The van der Waals surface area contributed by atoms with E-state index in [0.29, 0.717) is 22.8 Å². The molecule has 0 spiro atoms. The molecule has 0 radical (unpaired) electrons. The standard InChI is InChI=1S/C10H7NO3/c1-5-6-2-8-9(14-4-13-8)3-7(6)10(12)11-5/h2-3H,1,4H2,(H,11,12). The quantitative estimate of drug-likeness (QED) is 0.665. The second-order valence-corrected chi connectivity index (χ2v) is 3.18. The zero-order chi connectivity index (χ0) is 9.71. The minimum absolute atomic E-state index is 0.136. The van der Waals surface area contributed by atoms with Crippen LogP contribution in [0.1, 0.15) is 15.9 Å². The van der Waals surface area contributed by atoms with Gasteiger partial charge in [-0.25, -0.2) is 0 Å². The van der Waals surface area contributed by atoms with Crippen LogP contribution in [-0.4, -0.2) is 12.7 Å². The van der Waals surface area contributed by atoms with Gasteiger partial charge in [-0.3, -0.25) is 4.79 Å². The fourth-order valence-electron chi connectivity index (χ4n) is 1.65. The molecule has 70 valence electrons. The van der Waals surface area contributed by atoms with Gasteiger partial charge in [0.15, 0.2) is 11.5 Å². The predicted octanol–water partition coefficient (Wildman–Crippen LogP) is 1.13. The Kier molecular flexibility index (Phi) is 1.21. The number of hydrogen-bond acceptors (Lipinski definition) is 3. The van der Waals surface area contributed by atoms with Crippen molar-refractivity contribution in [3.63, 3.8) is 0 Å². The van der Waals surface area contributed by atoms with Gasteiger partial charge in [0.2, 0.25) is 6.79 Å². The minimum atomic E-state index is -0.136. The minimum Gasteiger partial charge on any atom is -0.454 e. The van der Waals surface area contributed by atoms with E-state index in [0.717, 1.165) is 5.56 Å². The summed E-state index contributed by atoms with van der Waals surface area (Å²) in [7, 11) is 0. The molecule has 2 heterocycles. The molecule has 0 fully saturated rings. The first kappa shape index (κ1) is 7.44. The molecule has 2 aliphatic heterocycles. The number of amides is 1. The van der Waals surface area contributed by atoms with Gasteiger partial charge in [0.05, 0.1) is 5.56 Å². The highest BCUT2D eigenvalue weighted by Crippen LogP contribution is 2.38. The summed E-state index contributed by atoms with van der Waals surface area (Å²) >= 11 is 0. The van der Waals surface area contributed by atoms with Crippen molar-refractivity contribution in [2.24, 2.45) is 0 Å². The Hall–Kier alpha value is -1.97. The van der Waals surface area contributed by atoms with Crippen molar-refractivity contribution < 1.29 is 14.3 Å². The van der Waals surface area contributed by atoms with E-state index in [2.05, 4.69) is 11.9 Å². The average molecular weight is 189 g/mol. The maximum atomic E-state index is 11.4. The van der Waals surface area contributed by atoms with E-state index < -0.39 is 0 Å². The number of carbonyl (C=O) groups is 1. The molecule has 0 unspecified atom stereocenters. The van der Waals surface area contributed by atoms with Crippen LogP contribution in [0.25, 0.3) is 5.70 Å². The molecular formula is C10H7NO3. The van der Waals surface area contributed by atoms with E-state index in [-0.39, 0.29) is 12.7 Å². The third-order valence-corrected chi connectivity index (χ3v) is 2.35. The molecule has 2 aliphatic rings. The van der Waals surface area contributed by atoms with E-state index in [1.807, 2.05) is 0 Å². The largest absolute Gasteiger partial charge is 0.454 e. The Morgan fingerprint density at radius 2 is 1.86 bits per heavy atom. The van der Waals surface area contributed by atoms with Crippen molar-refractivity contribution in [3.05, 3.63) is 29.8 Å². The van der Waals surface area contributed by atoms with Crippen molar-refractivity contribution in [1.82, 2.24) is 5.32 Å². The zero-order valence-corrected chi connectivity index (χ0v) is 7.29. The Balaban J connectivity index is 2.26. The predicted molar refractivity (Wildman–Crippen MR) is 49.1 cm³/mol. The maximum absolute atomic E-state index is 11.4. The molecule has 1 amide bonds. The van der Waals surface area contributed by atoms with Gasteiger partial charge >= 0.3 is 0 Å². The third-order valence-electron chi connectivity index (χ3n) is 2.35. The highest BCUT2D eigenvalue weighted by atomic mass is 16.7. The number of rotatable bonds is 0. The molecule has 0 saturated carbocycles. The maximum Gasteiger partial charge on any atom is 0.256 e. The summed E-state index contributed by atoms with van der Waals surface area (Å²) in [6, 6.07) is 3.46. The van der Waals surface area contributed by atoms with Gasteiger partial charge in [-0.2, -0.15) is 0 Å². The molecule has 0 bridgehead atoms. The highest BCUT2D eigenvalue weighted by molar-refractivity contribution is 6.09. The van der Waals surface area contributed by atoms with Crippen LogP contribution in [0, 0.1) is 0 Å². The molecular weight excluding hydrogens is 182 g/mol. The molecule has 4 nitrogen and oxygen atoms in total. The molecule has 0 aromatic heterocycles. The normalized spacial score (nSPS) is 16.9. The Morgan fingerprint density at radius 1 is 1.21 bits per heavy atom. The molecule has 3 rings (SSSR count). The first-order chi connectivity index (χ1) is 6.75. The fraction of sp³-hybridized carbons (Fsp3) is 0.100. The van der Waals surface area contributed by atoms with Crippen molar-refractivity contribution in [2.45, 2.75) is 0 Å². The third kappa shape index (κ3) is 0.797. The van der Waals surface area contributed by atoms with E-state index in [9.17, 15) is 4.79 Å². The molecule has 0 saturated heterocycles. The van der Waals surface area contributed by atoms with Crippen molar-refractivity contribution >= 4 is 11.6 Å². The topological polar surface area (TPSA) is 47.6 Å². The Labute approximate surface area is 80.1 Å². The smallest absolute Gasteiger partial charge is 0.256 e. The Morgan fingerprint density at radius 3 is 2.57 bits per heavy atom. The molecule has 4 heteroatoms. The van der Waals surface area contributed by atoms with Crippen LogP contribution < -0.4 is 14.8 Å². The average Bonchev–Trinajstić information content (AvgIpc) is 2.70. The van der Waals surface area contributed by atoms with Gasteiger partial charge in [0.25, 0.3) is 5.91 Å². The number of benzene rings is 1. The van der Waals surface area contributed by atoms with Crippen LogP contribution in [0.15, 0.2) is 18.7 Å². The van der Waals surface area contributed by atoms with Crippen LogP contribution >= 0.6 is 0 Å². The van der Waals surface area contributed by atoms with E-state index in [1.165, 1.54) is 0 Å². The summed E-state index contributed by atoms with van der Waals surface area (Å²) in [5, 5.41) is 2.64. The van der Waals surface area contributed by atoms with Gasteiger partial charge in [-0.15, -0.1) is 0 Å². The second-order valence-electron chi connectivity index (χ2n) is 3.18. The first-order valence-electron chi connectivity index (χ1n) is 4.20. The monoisotopic (exact) mass is 189 g/mol. The molecule has 1 N–H and O–H groups in total. The van der Waals surface area contributed by atoms with Crippen LogP contribution in [0.2, 0.25) is 0 Å². The zero-order valence-electron chi connectivity index (χ0n) is 7.29. The van der Waals surface area contributed by atoms with Crippen molar-refractivity contribution in [1.29, 1.82) is 0 Å². The van der Waals surface area contributed by atoms with Crippen LogP contribution in [0.5, 0.6) is 11.5 Å². The van der Waals surface area contributed by atoms with Gasteiger partial charge in [-0.1, -0.05) is 6.58 Å². The van der Waals surface area contributed by atoms with E-state index in [4.69, 9.17) is 9.47 Å². The molecule has 1 aromatic carbocycles. The molecule has 0 aliphatic carbocycles. The SMILES string of the molecule is C=C1NC(=O)c2cc3c(cc21)OCO3. The van der Waals surface area contributed by atoms with Crippen LogP contribution in [-0.2, 0) is 0 Å². The van der Waals surface area contributed by atoms with Crippen molar-refractivity contribution in [3.8, 4) is 11.5 Å². The summed E-state index contributed by atoms with van der Waals surface area (Å²) in [6.45, 7) is 3.96. The van der Waals surface area contributed by atoms with E-state index in [1.54, 1.807) is 12.1 Å². The number of carbonyl (C=O) groups excluding carboxylic acids is 1. The summed E-state index contributed by atoms with van der Waals surface area (Å²) in [5.41, 5.74) is 2.00. The second kappa shape index (κ2) is 2.29. The molecule has 0 atom stereocenters. The number of hydrogen-bond donors (Lipinski definition) is 1. The lowest BCUT2D eigenvalue weighted by Crippen LogP contribution is -2.11. The van der Waals surface area contributed by atoms with Crippen molar-refractivity contribution in [2.75, 3.05) is 6.79 Å². The number of nitrogens with one attached hydrogen (secondary N) is 1. The van der Waals surface area contributed by atoms with Gasteiger partial charge in [0, 0.05) is 11.3 Å².